The Bertz CT molecular complexity index is 1090. The van der Waals surface area contributed by atoms with E-state index in [4.69, 9.17) is 0 Å². The first kappa shape index (κ1) is 18.6. The van der Waals surface area contributed by atoms with Gasteiger partial charge in [0.15, 0.2) is 0 Å². The summed E-state index contributed by atoms with van der Waals surface area (Å²) in [7, 11) is 0. The van der Waals surface area contributed by atoms with Crippen LogP contribution in [-0.2, 0) is 6.42 Å². The van der Waals surface area contributed by atoms with Crippen molar-refractivity contribution in [1.29, 1.82) is 0 Å². The van der Waals surface area contributed by atoms with Crippen molar-refractivity contribution in [3.63, 3.8) is 0 Å². The van der Waals surface area contributed by atoms with Crippen molar-refractivity contribution in [3.05, 3.63) is 96.3 Å². The van der Waals surface area contributed by atoms with Gasteiger partial charge in [0.1, 0.15) is 5.82 Å². The molecule has 29 heavy (non-hydrogen) atoms. The van der Waals surface area contributed by atoms with Gasteiger partial charge in [-0.3, -0.25) is 9.78 Å². The smallest absolute Gasteiger partial charge is 0.252 e. The summed E-state index contributed by atoms with van der Waals surface area (Å²) in [5, 5.41) is 7.29. The lowest BCUT2D eigenvalue weighted by Gasteiger charge is -2.09. The molecule has 0 unspecified atom stereocenters. The monoisotopic (exact) mass is 382 g/mol. The lowest BCUT2D eigenvalue weighted by atomic mass is 10.1. The van der Waals surface area contributed by atoms with Gasteiger partial charge >= 0.3 is 0 Å². The van der Waals surface area contributed by atoms with Gasteiger partial charge < -0.3 is 10.6 Å². The number of para-hydroxylation sites is 1. The molecule has 0 aliphatic heterocycles. The second kappa shape index (κ2) is 8.97. The predicted octanol–water partition coefficient (Wildman–Crippen LogP) is 4.74. The Morgan fingerprint density at radius 1 is 0.862 bits per heavy atom. The van der Waals surface area contributed by atoms with Gasteiger partial charge in [0.25, 0.3) is 5.91 Å². The molecule has 4 aromatic rings. The van der Waals surface area contributed by atoms with Gasteiger partial charge in [-0.25, -0.2) is 4.98 Å². The third-order valence-corrected chi connectivity index (χ3v) is 4.69. The first-order valence-electron chi connectivity index (χ1n) is 9.68. The molecule has 5 heteroatoms. The predicted molar refractivity (Wildman–Crippen MR) is 116 cm³/mol. The van der Waals surface area contributed by atoms with Crippen molar-refractivity contribution in [1.82, 2.24) is 15.3 Å². The maximum absolute atomic E-state index is 12.3. The number of carbonyl (C=O) groups excluding carboxylic acids is 1. The summed E-state index contributed by atoms with van der Waals surface area (Å²) in [5.41, 5.74) is 3.60. The fraction of sp³-hybridized carbons (Fsp3) is 0.125. The molecule has 0 spiro atoms. The van der Waals surface area contributed by atoms with E-state index in [1.807, 2.05) is 48.5 Å². The van der Waals surface area contributed by atoms with Crippen LogP contribution in [0.5, 0.6) is 0 Å². The van der Waals surface area contributed by atoms with Gasteiger partial charge in [0, 0.05) is 24.3 Å². The molecule has 0 bridgehead atoms. The molecule has 5 nitrogen and oxygen atoms in total. The minimum Gasteiger partial charge on any atom is -0.352 e. The van der Waals surface area contributed by atoms with Gasteiger partial charge in [0.05, 0.1) is 16.8 Å². The molecule has 0 aliphatic rings. The van der Waals surface area contributed by atoms with E-state index in [1.165, 1.54) is 5.56 Å². The van der Waals surface area contributed by atoms with E-state index in [2.05, 4.69) is 32.7 Å². The highest BCUT2D eigenvalue weighted by Crippen LogP contribution is 2.23. The van der Waals surface area contributed by atoms with Crippen LogP contribution in [0, 0.1) is 0 Å². The van der Waals surface area contributed by atoms with Gasteiger partial charge in [-0.2, -0.15) is 0 Å². The third-order valence-electron chi connectivity index (χ3n) is 4.69. The molecular formula is C24H22N4O. The highest BCUT2D eigenvalue weighted by atomic mass is 16.1. The Hall–Kier alpha value is -3.73. The lowest BCUT2D eigenvalue weighted by Crippen LogP contribution is -2.24. The highest BCUT2D eigenvalue weighted by molar-refractivity contribution is 5.94. The maximum atomic E-state index is 12.3. The van der Waals surface area contributed by atoms with Crippen LogP contribution in [0.1, 0.15) is 22.3 Å². The zero-order valence-corrected chi connectivity index (χ0v) is 16.0. The topological polar surface area (TPSA) is 66.9 Å². The Morgan fingerprint density at radius 2 is 1.72 bits per heavy atom. The molecule has 0 saturated carbocycles. The molecule has 2 aromatic carbocycles. The average Bonchev–Trinajstić information content (AvgIpc) is 2.78. The molecule has 0 atom stereocenters. The number of carbonyl (C=O) groups is 1. The number of rotatable bonds is 7. The van der Waals surface area contributed by atoms with Gasteiger partial charge in [-0.05, 0) is 42.7 Å². The van der Waals surface area contributed by atoms with E-state index in [0.29, 0.717) is 17.9 Å². The number of anilines is 2. The van der Waals surface area contributed by atoms with Crippen LogP contribution < -0.4 is 10.6 Å². The number of benzene rings is 2. The number of hydrogen-bond donors (Lipinski definition) is 2. The molecular weight excluding hydrogens is 360 g/mol. The van der Waals surface area contributed by atoms with Crippen molar-refractivity contribution in [3.8, 4) is 0 Å². The molecule has 0 fully saturated rings. The lowest BCUT2D eigenvalue weighted by molar-refractivity contribution is 0.0953. The number of aromatic nitrogens is 2. The fourth-order valence-corrected chi connectivity index (χ4v) is 3.19. The summed E-state index contributed by atoms with van der Waals surface area (Å²) >= 11 is 0. The summed E-state index contributed by atoms with van der Waals surface area (Å²) < 4.78 is 0. The van der Waals surface area contributed by atoms with Crippen molar-refractivity contribution >= 4 is 28.3 Å². The number of amides is 1. The number of fused-ring (bicyclic) bond motifs is 1. The largest absolute Gasteiger partial charge is 0.352 e. The van der Waals surface area contributed by atoms with Crippen LogP contribution in [-0.4, -0.2) is 22.4 Å². The van der Waals surface area contributed by atoms with E-state index in [9.17, 15) is 4.79 Å². The van der Waals surface area contributed by atoms with Crippen LogP contribution in [0.4, 0.5) is 11.5 Å². The summed E-state index contributed by atoms with van der Waals surface area (Å²) in [6.45, 7) is 0.634. The standard InChI is InChI=1S/C24H22N4O/c29-24(26-16-5-9-18-7-2-1-3-8-18)20-13-14-22(27-17-20)28-21-12-4-10-19-11-6-15-25-23(19)21/h1-4,6-8,10-15,17H,5,9,16H2,(H,26,29)(H,27,28). The third kappa shape index (κ3) is 4.76. The quantitative estimate of drug-likeness (QED) is 0.453. The fourth-order valence-electron chi connectivity index (χ4n) is 3.19. The minimum absolute atomic E-state index is 0.107. The number of nitrogens with zero attached hydrogens (tertiary/aromatic N) is 2. The number of aryl methyl sites for hydroxylation is 1. The number of pyridine rings is 2. The molecule has 2 heterocycles. The van der Waals surface area contributed by atoms with Crippen molar-refractivity contribution in [2.24, 2.45) is 0 Å². The average molecular weight is 382 g/mol. The Labute approximate surface area is 169 Å². The van der Waals surface area contributed by atoms with Crippen LogP contribution in [0.25, 0.3) is 10.9 Å². The van der Waals surface area contributed by atoms with Crippen LogP contribution in [0.2, 0.25) is 0 Å². The van der Waals surface area contributed by atoms with Gasteiger partial charge in [-0.1, -0.05) is 48.5 Å². The second-order valence-electron chi connectivity index (χ2n) is 6.78. The number of hydrogen-bond acceptors (Lipinski definition) is 4. The van der Waals surface area contributed by atoms with Crippen molar-refractivity contribution in [2.45, 2.75) is 12.8 Å². The summed E-state index contributed by atoms with van der Waals surface area (Å²) in [4.78, 5) is 21.1. The molecule has 4 rings (SSSR count). The van der Waals surface area contributed by atoms with E-state index in [-0.39, 0.29) is 5.91 Å². The first-order chi connectivity index (χ1) is 14.3. The van der Waals surface area contributed by atoms with Gasteiger partial charge in [0.2, 0.25) is 0 Å². The molecule has 2 N–H and O–H groups in total. The molecule has 1 amide bonds. The van der Waals surface area contributed by atoms with Gasteiger partial charge in [-0.15, -0.1) is 0 Å². The highest BCUT2D eigenvalue weighted by Gasteiger charge is 2.07. The van der Waals surface area contributed by atoms with Crippen LogP contribution >= 0.6 is 0 Å². The molecule has 2 aromatic heterocycles. The van der Waals surface area contributed by atoms with Crippen molar-refractivity contribution < 1.29 is 4.79 Å². The van der Waals surface area contributed by atoms with Crippen LogP contribution in [0.15, 0.2) is 85.2 Å². The Morgan fingerprint density at radius 3 is 2.55 bits per heavy atom. The SMILES string of the molecule is O=C(NCCCc1ccccc1)c1ccc(Nc2cccc3cccnc23)nc1. The molecule has 0 radical (unpaired) electrons. The van der Waals surface area contributed by atoms with E-state index in [0.717, 1.165) is 29.4 Å². The second-order valence-corrected chi connectivity index (χ2v) is 6.78. The molecule has 0 saturated heterocycles. The maximum Gasteiger partial charge on any atom is 0.252 e. The Balaban J connectivity index is 1.33. The van der Waals surface area contributed by atoms with E-state index in [1.54, 1.807) is 24.5 Å². The van der Waals surface area contributed by atoms with E-state index < -0.39 is 0 Å². The van der Waals surface area contributed by atoms with E-state index >= 15 is 0 Å². The van der Waals surface area contributed by atoms with Crippen molar-refractivity contribution in [2.75, 3.05) is 11.9 Å². The summed E-state index contributed by atoms with van der Waals surface area (Å²) in [6, 6.07) is 23.7. The number of nitrogens with one attached hydrogen (secondary N) is 2. The molecule has 144 valence electrons. The Kier molecular flexibility index (Phi) is 5.76. The normalized spacial score (nSPS) is 10.6. The summed E-state index contributed by atoms with van der Waals surface area (Å²) in [5.74, 6) is 0.563. The minimum atomic E-state index is -0.107. The first-order valence-corrected chi connectivity index (χ1v) is 9.68. The zero-order chi connectivity index (χ0) is 19.9. The summed E-state index contributed by atoms with van der Waals surface area (Å²) in [6.07, 6.45) is 5.21. The van der Waals surface area contributed by atoms with Crippen LogP contribution in [0.3, 0.4) is 0 Å². The molecule has 0 aliphatic carbocycles. The zero-order valence-electron chi connectivity index (χ0n) is 16.0.